The van der Waals surface area contributed by atoms with E-state index in [1.54, 1.807) is 25.4 Å². The van der Waals surface area contributed by atoms with Crippen LogP contribution in [0.1, 0.15) is 17.9 Å². The molecule has 1 heterocycles. The number of carbonyl (C=O) groups is 1. The van der Waals surface area contributed by atoms with E-state index < -0.39 is 0 Å². The topological polar surface area (TPSA) is 51.2 Å². The smallest absolute Gasteiger partial charge is 0.228 e. The molecule has 1 aliphatic carbocycles. The molecule has 2 unspecified atom stereocenters. The van der Waals surface area contributed by atoms with Crippen molar-refractivity contribution < 1.29 is 9.53 Å². The lowest BCUT2D eigenvalue weighted by atomic mass is 10.1. The summed E-state index contributed by atoms with van der Waals surface area (Å²) in [6, 6.07) is 11.2. The van der Waals surface area contributed by atoms with E-state index in [0.29, 0.717) is 10.8 Å². The number of nitrogens with one attached hydrogen (secondary N) is 1. The van der Waals surface area contributed by atoms with Crippen molar-refractivity contribution in [1.29, 1.82) is 0 Å². The van der Waals surface area contributed by atoms with Crippen LogP contribution < -0.4 is 10.1 Å². The molecular formula is C16H15ClN2O2. The summed E-state index contributed by atoms with van der Waals surface area (Å²) in [5.74, 6) is 1.16. The number of rotatable bonds is 4. The number of hydrogen-bond acceptors (Lipinski definition) is 3. The molecule has 2 atom stereocenters. The fourth-order valence-electron chi connectivity index (χ4n) is 2.42. The molecule has 1 fully saturated rings. The molecule has 0 saturated heterocycles. The zero-order chi connectivity index (χ0) is 14.8. The predicted octanol–water partition coefficient (Wildman–Crippen LogP) is 3.49. The van der Waals surface area contributed by atoms with Crippen molar-refractivity contribution in [2.45, 2.75) is 12.3 Å². The predicted molar refractivity (Wildman–Crippen MR) is 81.7 cm³/mol. The van der Waals surface area contributed by atoms with Crippen LogP contribution in [0.4, 0.5) is 5.69 Å². The Labute approximate surface area is 128 Å². The van der Waals surface area contributed by atoms with Crippen molar-refractivity contribution in [1.82, 2.24) is 4.98 Å². The van der Waals surface area contributed by atoms with Gasteiger partial charge in [-0.3, -0.25) is 4.79 Å². The lowest BCUT2D eigenvalue weighted by molar-refractivity contribution is -0.117. The highest BCUT2D eigenvalue weighted by molar-refractivity contribution is 6.29. The number of hydrogen-bond donors (Lipinski definition) is 1. The van der Waals surface area contributed by atoms with E-state index in [1.807, 2.05) is 24.3 Å². The van der Waals surface area contributed by atoms with Gasteiger partial charge >= 0.3 is 0 Å². The minimum Gasteiger partial charge on any atom is -0.497 e. The summed E-state index contributed by atoms with van der Waals surface area (Å²) in [6.07, 6.45) is 2.45. The fourth-order valence-corrected chi connectivity index (χ4v) is 2.59. The van der Waals surface area contributed by atoms with Gasteiger partial charge in [0.05, 0.1) is 7.11 Å². The number of carbonyl (C=O) groups excluding carboxylic acids is 1. The molecule has 1 aliphatic rings. The molecule has 1 saturated carbocycles. The summed E-state index contributed by atoms with van der Waals surface area (Å²) in [6.45, 7) is 0. The number of ether oxygens (including phenoxy) is 1. The molecule has 0 bridgehead atoms. The summed E-state index contributed by atoms with van der Waals surface area (Å²) in [5.41, 5.74) is 1.85. The maximum Gasteiger partial charge on any atom is 0.228 e. The van der Waals surface area contributed by atoms with Crippen molar-refractivity contribution in [3.05, 3.63) is 53.3 Å². The Hall–Kier alpha value is -2.07. The van der Waals surface area contributed by atoms with Gasteiger partial charge in [0.2, 0.25) is 5.91 Å². The average molecular weight is 303 g/mol. The van der Waals surface area contributed by atoms with Crippen LogP contribution in [0.25, 0.3) is 0 Å². The van der Waals surface area contributed by atoms with Crippen LogP contribution in [0.5, 0.6) is 5.75 Å². The number of halogens is 1. The third-order valence-corrected chi connectivity index (χ3v) is 3.87. The summed E-state index contributed by atoms with van der Waals surface area (Å²) in [7, 11) is 1.64. The minimum atomic E-state index is 0.0188. The molecule has 0 aliphatic heterocycles. The quantitative estimate of drug-likeness (QED) is 0.880. The summed E-state index contributed by atoms with van der Waals surface area (Å²) < 4.78 is 5.14. The van der Waals surface area contributed by atoms with E-state index in [9.17, 15) is 4.79 Å². The Morgan fingerprint density at radius 1 is 1.33 bits per heavy atom. The highest BCUT2D eigenvalue weighted by atomic mass is 35.5. The Balaban J connectivity index is 1.62. The van der Waals surface area contributed by atoms with Gasteiger partial charge in [-0.25, -0.2) is 4.98 Å². The van der Waals surface area contributed by atoms with Crippen LogP contribution in [0.2, 0.25) is 5.15 Å². The number of anilines is 1. The van der Waals surface area contributed by atoms with Crippen molar-refractivity contribution in [3.63, 3.8) is 0 Å². The van der Waals surface area contributed by atoms with Crippen LogP contribution >= 0.6 is 11.6 Å². The van der Waals surface area contributed by atoms with Crippen LogP contribution in [0.15, 0.2) is 42.6 Å². The van der Waals surface area contributed by atoms with Gasteiger partial charge in [-0.15, -0.1) is 0 Å². The second-order valence-corrected chi connectivity index (χ2v) is 5.47. The van der Waals surface area contributed by atoms with Gasteiger partial charge in [0.15, 0.2) is 0 Å². The molecule has 1 amide bonds. The molecule has 21 heavy (non-hydrogen) atoms. The van der Waals surface area contributed by atoms with Crippen molar-refractivity contribution >= 4 is 23.2 Å². The molecular weight excluding hydrogens is 288 g/mol. The van der Waals surface area contributed by atoms with Gasteiger partial charge in [0, 0.05) is 17.8 Å². The van der Waals surface area contributed by atoms with Crippen LogP contribution in [-0.2, 0) is 4.79 Å². The number of nitrogens with zero attached hydrogens (tertiary/aromatic N) is 1. The lowest BCUT2D eigenvalue weighted by Crippen LogP contribution is -2.14. The summed E-state index contributed by atoms with van der Waals surface area (Å²) in [4.78, 5) is 16.1. The zero-order valence-corrected chi connectivity index (χ0v) is 12.3. The molecule has 2 aromatic rings. The monoisotopic (exact) mass is 302 g/mol. The van der Waals surface area contributed by atoms with Crippen LogP contribution in [0, 0.1) is 5.92 Å². The number of methoxy groups -OCH3 is 1. The van der Waals surface area contributed by atoms with E-state index in [-0.39, 0.29) is 17.7 Å². The number of aromatic nitrogens is 1. The molecule has 0 spiro atoms. The third-order valence-electron chi connectivity index (χ3n) is 3.67. The van der Waals surface area contributed by atoms with E-state index in [0.717, 1.165) is 12.2 Å². The molecule has 1 aromatic heterocycles. The van der Waals surface area contributed by atoms with E-state index in [1.165, 1.54) is 5.56 Å². The molecule has 108 valence electrons. The highest BCUT2D eigenvalue weighted by Crippen LogP contribution is 2.48. The Morgan fingerprint density at radius 3 is 2.76 bits per heavy atom. The van der Waals surface area contributed by atoms with Crippen molar-refractivity contribution in [2.24, 2.45) is 5.92 Å². The normalized spacial score (nSPS) is 19.9. The molecule has 1 N–H and O–H groups in total. The van der Waals surface area contributed by atoms with Gasteiger partial charge in [0.1, 0.15) is 10.9 Å². The van der Waals surface area contributed by atoms with Crippen LogP contribution in [0.3, 0.4) is 0 Å². The number of benzene rings is 1. The summed E-state index contributed by atoms with van der Waals surface area (Å²) >= 11 is 5.80. The van der Waals surface area contributed by atoms with Crippen LogP contribution in [-0.4, -0.2) is 18.0 Å². The Bertz CT molecular complexity index is 658. The summed E-state index contributed by atoms with van der Waals surface area (Å²) in [5, 5.41) is 3.25. The maximum absolute atomic E-state index is 12.2. The fraction of sp³-hybridized carbons (Fsp3) is 0.250. The minimum absolute atomic E-state index is 0.0188. The zero-order valence-electron chi connectivity index (χ0n) is 11.5. The van der Waals surface area contributed by atoms with E-state index >= 15 is 0 Å². The second kappa shape index (κ2) is 5.74. The van der Waals surface area contributed by atoms with Crippen molar-refractivity contribution in [3.8, 4) is 5.75 Å². The number of pyridine rings is 1. The average Bonchev–Trinajstić information content (AvgIpc) is 3.28. The first-order valence-corrected chi connectivity index (χ1v) is 7.11. The Morgan fingerprint density at radius 2 is 2.10 bits per heavy atom. The molecule has 0 radical (unpaired) electrons. The van der Waals surface area contributed by atoms with Gasteiger partial charge in [-0.05, 0) is 42.2 Å². The molecule has 4 nitrogen and oxygen atoms in total. The van der Waals surface area contributed by atoms with Gasteiger partial charge < -0.3 is 10.1 Å². The van der Waals surface area contributed by atoms with Crippen molar-refractivity contribution in [2.75, 3.05) is 12.4 Å². The standard InChI is InChI=1S/C16H15ClN2O2/c1-21-12-4-2-10(3-5-12)13-9-14(13)16(20)19-11-6-7-18-15(17)8-11/h2-8,13-14H,9H2,1H3,(H,18,19,20). The largest absolute Gasteiger partial charge is 0.497 e. The van der Waals surface area contributed by atoms with Gasteiger partial charge in [-0.2, -0.15) is 0 Å². The maximum atomic E-state index is 12.2. The molecule has 5 heteroatoms. The first-order chi connectivity index (χ1) is 10.2. The second-order valence-electron chi connectivity index (χ2n) is 5.08. The Kier molecular flexibility index (Phi) is 3.80. The molecule has 3 rings (SSSR count). The number of amides is 1. The first kappa shape index (κ1) is 13.9. The first-order valence-electron chi connectivity index (χ1n) is 6.74. The third kappa shape index (κ3) is 3.16. The van der Waals surface area contributed by atoms with E-state index in [2.05, 4.69) is 10.3 Å². The van der Waals surface area contributed by atoms with Gasteiger partial charge in [0.25, 0.3) is 0 Å². The van der Waals surface area contributed by atoms with E-state index in [4.69, 9.17) is 16.3 Å². The lowest BCUT2D eigenvalue weighted by Gasteiger charge is -2.05. The SMILES string of the molecule is COc1ccc(C2CC2C(=O)Nc2ccnc(Cl)c2)cc1. The highest BCUT2D eigenvalue weighted by Gasteiger charge is 2.43. The van der Waals surface area contributed by atoms with Gasteiger partial charge in [-0.1, -0.05) is 23.7 Å². The molecule has 1 aromatic carbocycles.